The molecule has 6 nitrogen and oxygen atoms in total. The number of hydrogen-bond acceptors (Lipinski definition) is 3. The van der Waals surface area contributed by atoms with Crippen molar-refractivity contribution in [1.29, 1.82) is 0 Å². The van der Waals surface area contributed by atoms with Crippen molar-refractivity contribution in [2.24, 2.45) is 0 Å². The highest BCUT2D eigenvalue weighted by Gasteiger charge is 2.28. The van der Waals surface area contributed by atoms with Gasteiger partial charge in [0.15, 0.2) is 0 Å². The fourth-order valence-electron chi connectivity index (χ4n) is 3.57. The number of nitrogens with one attached hydrogen (secondary N) is 1. The standard InChI is InChI=1S/C22H21N3O3/c1-24(14-17-3-2-4-19-18(17)11-12-23-19)22(28)16-7-5-15(6-8-16)13-25-20(26)9-10-21(25)27/h2-8,11-12,23H,9-10,13-14H2,1H3. The molecule has 0 aliphatic carbocycles. The monoisotopic (exact) mass is 375 g/mol. The number of amides is 3. The average Bonchev–Trinajstić information content (AvgIpc) is 3.30. The second kappa shape index (κ2) is 7.31. The SMILES string of the molecule is CN(Cc1cccc2[nH]ccc12)C(=O)c1ccc(CN2C(=O)CCC2=O)cc1. The minimum Gasteiger partial charge on any atom is -0.361 e. The van der Waals surface area contributed by atoms with Gasteiger partial charge in [0, 0.05) is 49.1 Å². The molecule has 0 atom stereocenters. The van der Waals surface area contributed by atoms with Crippen LogP contribution in [0.4, 0.5) is 0 Å². The highest BCUT2D eigenvalue weighted by Crippen LogP contribution is 2.20. The third-order valence-corrected chi connectivity index (χ3v) is 5.14. The van der Waals surface area contributed by atoms with Gasteiger partial charge in [-0.15, -0.1) is 0 Å². The van der Waals surface area contributed by atoms with Crippen LogP contribution in [0.5, 0.6) is 0 Å². The van der Waals surface area contributed by atoms with E-state index in [-0.39, 0.29) is 37.1 Å². The maximum atomic E-state index is 12.8. The van der Waals surface area contributed by atoms with Crippen LogP contribution >= 0.6 is 0 Å². The number of aromatic nitrogens is 1. The number of rotatable bonds is 5. The smallest absolute Gasteiger partial charge is 0.253 e. The Hall–Kier alpha value is -3.41. The molecule has 1 fully saturated rings. The zero-order valence-corrected chi connectivity index (χ0v) is 15.6. The van der Waals surface area contributed by atoms with Crippen molar-refractivity contribution in [3.05, 3.63) is 71.4 Å². The maximum absolute atomic E-state index is 12.8. The molecular weight excluding hydrogens is 354 g/mol. The van der Waals surface area contributed by atoms with Crippen LogP contribution in [0.2, 0.25) is 0 Å². The number of imide groups is 1. The summed E-state index contributed by atoms with van der Waals surface area (Å²) in [5.74, 6) is -0.347. The van der Waals surface area contributed by atoms with Gasteiger partial charge in [0.1, 0.15) is 0 Å². The summed E-state index contributed by atoms with van der Waals surface area (Å²) in [6, 6.07) is 15.1. The molecule has 4 rings (SSSR count). The van der Waals surface area contributed by atoms with Crippen molar-refractivity contribution in [1.82, 2.24) is 14.8 Å². The lowest BCUT2D eigenvalue weighted by molar-refractivity contribution is -0.139. The van der Waals surface area contributed by atoms with E-state index in [1.807, 2.05) is 30.5 Å². The normalized spacial score (nSPS) is 14.1. The van der Waals surface area contributed by atoms with Crippen molar-refractivity contribution in [2.45, 2.75) is 25.9 Å². The predicted octanol–water partition coefficient (Wildman–Crippen LogP) is 3.09. The van der Waals surface area contributed by atoms with Gasteiger partial charge in [-0.3, -0.25) is 19.3 Å². The molecule has 3 aromatic rings. The summed E-state index contributed by atoms with van der Waals surface area (Å²) < 4.78 is 0. The van der Waals surface area contributed by atoms with Crippen LogP contribution < -0.4 is 0 Å². The number of carbonyl (C=O) groups excluding carboxylic acids is 3. The van der Waals surface area contributed by atoms with Gasteiger partial charge in [0.25, 0.3) is 5.91 Å². The molecule has 28 heavy (non-hydrogen) atoms. The summed E-state index contributed by atoms with van der Waals surface area (Å²) in [6.45, 7) is 0.768. The van der Waals surface area contributed by atoms with Crippen LogP contribution in [-0.2, 0) is 22.7 Å². The summed E-state index contributed by atoms with van der Waals surface area (Å²) in [6.07, 6.45) is 2.47. The lowest BCUT2D eigenvalue weighted by atomic mass is 10.1. The Morgan fingerprint density at radius 2 is 1.75 bits per heavy atom. The van der Waals surface area contributed by atoms with Crippen LogP contribution in [0.1, 0.15) is 34.3 Å². The maximum Gasteiger partial charge on any atom is 0.253 e. The van der Waals surface area contributed by atoms with Crippen LogP contribution in [0.15, 0.2) is 54.7 Å². The first-order valence-corrected chi connectivity index (χ1v) is 9.25. The van der Waals surface area contributed by atoms with Crippen molar-refractivity contribution in [3.8, 4) is 0 Å². The topological polar surface area (TPSA) is 73.5 Å². The molecule has 1 aliphatic rings. The van der Waals surface area contributed by atoms with E-state index in [0.717, 1.165) is 22.0 Å². The van der Waals surface area contributed by atoms with Crippen molar-refractivity contribution < 1.29 is 14.4 Å². The van der Waals surface area contributed by atoms with Gasteiger partial charge in [0.05, 0.1) is 6.54 Å². The summed E-state index contributed by atoms with van der Waals surface area (Å²) in [5, 5.41) is 1.11. The molecule has 0 unspecified atom stereocenters. The van der Waals surface area contributed by atoms with Crippen LogP contribution in [0.25, 0.3) is 10.9 Å². The molecule has 2 aromatic carbocycles. The quantitative estimate of drug-likeness (QED) is 0.697. The van der Waals surface area contributed by atoms with Crippen LogP contribution in [0, 0.1) is 0 Å². The molecule has 0 bridgehead atoms. The zero-order chi connectivity index (χ0) is 19.7. The van der Waals surface area contributed by atoms with E-state index >= 15 is 0 Å². The minimum atomic E-state index is -0.135. The number of carbonyl (C=O) groups is 3. The van der Waals surface area contributed by atoms with E-state index < -0.39 is 0 Å². The first-order chi connectivity index (χ1) is 13.5. The predicted molar refractivity (Wildman–Crippen MR) is 105 cm³/mol. The fourth-order valence-corrected chi connectivity index (χ4v) is 3.57. The second-order valence-corrected chi connectivity index (χ2v) is 7.09. The molecule has 3 amide bonds. The summed E-state index contributed by atoms with van der Waals surface area (Å²) in [5.41, 5.74) is 3.54. The number of benzene rings is 2. The minimum absolute atomic E-state index is 0.0765. The number of hydrogen-bond donors (Lipinski definition) is 1. The van der Waals surface area contributed by atoms with Gasteiger partial charge in [-0.1, -0.05) is 24.3 Å². The first-order valence-electron chi connectivity index (χ1n) is 9.25. The highest BCUT2D eigenvalue weighted by molar-refractivity contribution is 6.01. The number of nitrogens with zero attached hydrogens (tertiary/aromatic N) is 2. The van der Waals surface area contributed by atoms with E-state index in [0.29, 0.717) is 12.1 Å². The lowest BCUT2D eigenvalue weighted by Gasteiger charge is -2.18. The van der Waals surface area contributed by atoms with E-state index in [2.05, 4.69) is 4.98 Å². The van der Waals surface area contributed by atoms with Crippen molar-refractivity contribution in [3.63, 3.8) is 0 Å². The Kier molecular flexibility index (Phi) is 4.69. The van der Waals surface area contributed by atoms with E-state index in [1.165, 1.54) is 4.90 Å². The zero-order valence-electron chi connectivity index (χ0n) is 15.6. The van der Waals surface area contributed by atoms with Crippen LogP contribution in [-0.4, -0.2) is 39.6 Å². The van der Waals surface area contributed by atoms with Gasteiger partial charge in [-0.05, 0) is 35.4 Å². The molecule has 0 radical (unpaired) electrons. The Morgan fingerprint density at radius 3 is 2.46 bits per heavy atom. The van der Waals surface area contributed by atoms with Gasteiger partial charge >= 0.3 is 0 Å². The number of H-pyrrole nitrogens is 1. The van der Waals surface area contributed by atoms with Crippen molar-refractivity contribution >= 4 is 28.6 Å². The number of fused-ring (bicyclic) bond motifs is 1. The third-order valence-electron chi connectivity index (χ3n) is 5.14. The van der Waals surface area contributed by atoms with Crippen molar-refractivity contribution in [2.75, 3.05) is 7.05 Å². The van der Waals surface area contributed by atoms with Gasteiger partial charge in [0.2, 0.25) is 11.8 Å². The Balaban J connectivity index is 1.45. The van der Waals surface area contributed by atoms with Gasteiger partial charge < -0.3 is 9.88 Å². The largest absolute Gasteiger partial charge is 0.361 e. The molecule has 1 aromatic heterocycles. The Labute approximate surface area is 162 Å². The fraction of sp³-hybridized carbons (Fsp3) is 0.227. The molecule has 142 valence electrons. The molecule has 0 spiro atoms. The molecule has 2 heterocycles. The average molecular weight is 375 g/mol. The number of aromatic amines is 1. The Bertz CT molecular complexity index is 1040. The molecule has 1 saturated heterocycles. The second-order valence-electron chi connectivity index (χ2n) is 7.09. The lowest BCUT2D eigenvalue weighted by Crippen LogP contribution is -2.28. The van der Waals surface area contributed by atoms with E-state index in [9.17, 15) is 14.4 Å². The van der Waals surface area contributed by atoms with Gasteiger partial charge in [-0.2, -0.15) is 0 Å². The summed E-state index contributed by atoms with van der Waals surface area (Å²) in [7, 11) is 1.78. The summed E-state index contributed by atoms with van der Waals surface area (Å²) in [4.78, 5) is 42.4. The first kappa shape index (κ1) is 18.0. The molecule has 1 aliphatic heterocycles. The third kappa shape index (κ3) is 3.41. The summed E-state index contributed by atoms with van der Waals surface area (Å²) >= 11 is 0. The van der Waals surface area contributed by atoms with E-state index in [4.69, 9.17) is 0 Å². The van der Waals surface area contributed by atoms with E-state index in [1.54, 1.807) is 36.2 Å². The molecule has 0 saturated carbocycles. The molecular formula is C22H21N3O3. The number of likely N-dealkylation sites (tertiary alicyclic amines) is 1. The van der Waals surface area contributed by atoms with Gasteiger partial charge in [-0.25, -0.2) is 0 Å². The van der Waals surface area contributed by atoms with Crippen LogP contribution in [0.3, 0.4) is 0 Å². The molecule has 1 N–H and O–H groups in total. The highest BCUT2D eigenvalue weighted by atomic mass is 16.2. The molecule has 6 heteroatoms. The Morgan fingerprint density at radius 1 is 1.04 bits per heavy atom.